The first-order chi connectivity index (χ1) is 22.6. The summed E-state index contributed by atoms with van der Waals surface area (Å²) in [5, 5.41) is 35.1. The van der Waals surface area contributed by atoms with E-state index in [-0.39, 0.29) is 41.9 Å². The molecule has 48 heavy (non-hydrogen) atoms. The number of phenolic OH excluding ortho intramolecular Hbond substituents is 1. The van der Waals surface area contributed by atoms with Crippen molar-refractivity contribution >= 4 is 35.1 Å². The number of aliphatic hydroxyl groups is 1. The minimum Gasteiger partial charge on any atom is -0.502 e. The first-order valence-electron chi connectivity index (χ1n) is 16.6. The molecule has 1 aromatic rings. The maximum atomic E-state index is 13.5. The van der Waals surface area contributed by atoms with Gasteiger partial charge in [-0.2, -0.15) is 0 Å². The maximum absolute atomic E-state index is 13.5. The quantitative estimate of drug-likeness (QED) is 0.177. The zero-order chi connectivity index (χ0) is 35.0. The van der Waals surface area contributed by atoms with Gasteiger partial charge in [0, 0.05) is 30.7 Å². The Hall–Kier alpha value is -4.13. The predicted molar refractivity (Wildman–Crippen MR) is 169 cm³/mol. The normalized spacial score (nSPS) is 31.3. The number of carbonyl (C=O) groups is 5. The molecule has 0 aromatic heterocycles. The number of esters is 2. The molecule has 1 amide bonds. The topological polar surface area (TPSA) is 199 Å². The van der Waals surface area contributed by atoms with Crippen LogP contribution in [0.2, 0.25) is 0 Å². The van der Waals surface area contributed by atoms with Crippen molar-refractivity contribution in [2.75, 3.05) is 13.7 Å². The minimum atomic E-state index is -1.64. The average Bonchev–Trinajstić information content (AvgIpc) is 3.34. The van der Waals surface area contributed by atoms with E-state index < -0.39 is 70.1 Å². The number of amides is 1. The van der Waals surface area contributed by atoms with Crippen molar-refractivity contribution in [3.63, 3.8) is 0 Å². The molecule has 13 heteroatoms. The second-order valence-corrected chi connectivity index (χ2v) is 14.3. The van der Waals surface area contributed by atoms with Crippen molar-refractivity contribution in [1.82, 2.24) is 5.32 Å². The number of methoxy groups -OCH3 is 1. The van der Waals surface area contributed by atoms with Gasteiger partial charge in [0.1, 0.15) is 11.6 Å². The number of hydrogen-bond acceptors (Lipinski definition) is 11. The summed E-state index contributed by atoms with van der Waals surface area (Å²) in [6.45, 7) is 3.64. The molecule has 0 bridgehead atoms. The van der Waals surface area contributed by atoms with E-state index in [0.717, 1.165) is 44.9 Å². The van der Waals surface area contributed by atoms with Crippen LogP contribution >= 0.6 is 0 Å². The number of aromatic hydroxyl groups is 1. The van der Waals surface area contributed by atoms with Crippen LogP contribution in [0.15, 0.2) is 29.8 Å². The fraction of sp³-hybridized carbons (Fsp3) is 0.629. The summed E-state index contributed by atoms with van der Waals surface area (Å²) >= 11 is 0. The molecule has 7 atom stereocenters. The van der Waals surface area contributed by atoms with Gasteiger partial charge in [0.25, 0.3) is 0 Å². The van der Waals surface area contributed by atoms with Gasteiger partial charge >= 0.3 is 17.6 Å². The van der Waals surface area contributed by atoms with Crippen LogP contribution < -0.4 is 5.32 Å². The molecular formula is C35H44N2O11. The highest BCUT2D eigenvalue weighted by Crippen LogP contribution is 2.67. The zero-order valence-corrected chi connectivity index (χ0v) is 27.6. The lowest BCUT2D eigenvalue weighted by atomic mass is 9.46. The Morgan fingerprint density at radius 3 is 2.50 bits per heavy atom. The number of ketones is 2. The van der Waals surface area contributed by atoms with Crippen LogP contribution in [-0.4, -0.2) is 69.9 Å². The molecule has 260 valence electrons. The summed E-state index contributed by atoms with van der Waals surface area (Å²) in [5.74, 6) is -2.36. The third-order valence-corrected chi connectivity index (χ3v) is 12.0. The van der Waals surface area contributed by atoms with Gasteiger partial charge in [0.2, 0.25) is 11.7 Å². The third-order valence-electron chi connectivity index (χ3n) is 12.0. The smallest absolute Gasteiger partial charge is 0.328 e. The number of phenols is 1. The van der Waals surface area contributed by atoms with Gasteiger partial charge in [-0.05, 0) is 85.8 Å². The van der Waals surface area contributed by atoms with Crippen molar-refractivity contribution in [2.24, 2.45) is 28.6 Å². The van der Waals surface area contributed by atoms with E-state index in [9.17, 15) is 44.3 Å². The number of nitrogens with zero attached hydrogens (tertiary/aromatic N) is 1. The van der Waals surface area contributed by atoms with E-state index in [0.29, 0.717) is 31.1 Å². The van der Waals surface area contributed by atoms with Crippen LogP contribution in [0.5, 0.6) is 5.75 Å². The number of Topliss-reactive ketones (excluding diaryl/α,β-unsaturated/α-hetero) is 1. The number of nitro benzene ring substituents is 1. The van der Waals surface area contributed by atoms with Crippen molar-refractivity contribution in [3.8, 4) is 5.75 Å². The van der Waals surface area contributed by atoms with Crippen LogP contribution in [0.25, 0.3) is 0 Å². The minimum absolute atomic E-state index is 0.0339. The van der Waals surface area contributed by atoms with E-state index in [1.807, 2.05) is 13.0 Å². The molecule has 5 rings (SSSR count). The highest BCUT2D eigenvalue weighted by atomic mass is 16.6. The number of benzene rings is 1. The number of rotatable bonds is 11. The molecule has 0 saturated heterocycles. The van der Waals surface area contributed by atoms with Crippen LogP contribution in [-0.2, 0) is 39.9 Å². The molecule has 0 heterocycles. The van der Waals surface area contributed by atoms with Crippen LogP contribution in [0, 0.1) is 38.7 Å². The van der Waals surface area contributed by atoms with E-state index in [2.05, 4.69) is 12.2 Å². The average molecular weight is 669 g/mol. The molecule has 1 aromatic carbocycles. The molecule has 3 saturated carbocycles. The van der Waals surface area contributed by atoms with Crippen LogP contribution in [0.1, 0.15) is 83.6 Å². The summed E-state index contributed by atoms with van der Waals surface area (Å²) < 4.78 is 9.97. The second kappa shape index (κ2) is 13.4. The highest BCUT2D eigenvalue weighted by Gasteiger charge is 2.66. The van der Waals surface area contributed by atoms with E-state index in [1.165, 1.54) is 11.6 Å². The molecule has 3 N–H and O–H groups in total. The summed E-state index contributed by atoms with van der Waals surface area (Å²) in [6.07, 6.45) is 6.57. The van der Waals surface area contributed by atoms with E-state index >= 15 is 0 Å². The van der Waals surface area contributed by atoms with Crippen LogP contribution in [0.4, 0.5) is 5.69 Å². The summed E-state index contributed by atoms with van der Waals surface area (Å²) in [4.78, 5) is 73.5. The number of allylic oxidation sites excluding steroid dienone is 1. The Bertz CT molecular complexity index is 1550. The first-order valence-corrected chi connectivity index (χ1v) is 16.6. The molecule has 13 nitrogen and oxygen atoms in total. The van der Waals surface area contributed by atoms with E-state index in [1.54, 1.807) is 0 Å². The number of carbonyl (C=O) groups excluding carboxylic acids is 5. The lowest BCUT2D eigenvalue weighted by Crippen LogP contribution is -2.58. The Morgan fingerprint density at radius 2 is 1.79 bits per heavy atom. The molecule has 0 aliphatic heterocycles. The first kappa shape index (κ1) is 35.2. The number of ether oxygens (including phenoxy) is 2. The number of nitrogens with one attached hydrogen (secondary N) is 1. The fourth-order valence-electron chi connectivity index (χ4n) is 9.27. The maximum Gasteiger partial charge on any atom is 0.328 e. The van der Waals surface area contributed by atoms with Crippen molar-refractivity contribution in [3.05, 3.63) is 45.5 Å². The number of nitro groups is 1. The Balaban J connectivity index is 1.14. The lowest BCUT2D eigenvalue weighted by Gasteiger charge is -2.58. The zero-order valence-electron chi connectivity index (χ0n) is 27.6. The lowest BCUT2D eigenvalue weighted by molar-refractivity contribution is -0.385. The summed E-state index contributed by atoms with van der Waals surface area (Å²) in [6, 6.07) is 2.34. The largest absolute Gasteiger partial charge is 0.502 e. The van der Waals surface area contributed by atoms with Crippen molar-refractivity contribution < 1.29 is 48.6 Å². The van der Waals surface area contributed by atoms with Crippen molar-refractivity contribution in [2.45, 2.75) is 96.1 Å². The van der Waals surface area contributed by atoms with Crippen molar-refractivity contribution in [1.29, 1.82) is 0 Å². The van der Waals surface area contributed by atoms with E-state index in [4.69, 9.17) is 9.47 Å². The Kier molecular flexibility index (Phi) is 9.83. The van der Waals surface area contributed by atoms with Gasteiger partial charge < -0.3 is 25.0 Å². The fourth-order valence-corrected chi connectivity index (χ4v) is 9.27. The molecule has 0 radical (unpaired) electrons. The van der Waals surface area contributed by atoms with Crippen LogP contribution in [0.3, 0.4) is 0 Å². The summed E-state index contributed by atoms with van der Waals surface area (Å²) in [7, 11) is 1.12. The Labute approximate surface area is 278 Å². The predicted octanol–water partition coefficient (Wildman–Crippen LogP) is 3.66. The number of hydrogen-bond donors (Lipinski definition) is 3. The SMILES string of the molecule is COC(=O)[C@@H](Cc1ccc(O)c([N+](=O)[O-])c1)NC(=O)CCC(=O)OCC(=O)[C@]1(O)CC[C@@H]2[C@H]3CCC4=CC(=O)CC[C@]4(C)[C@@H]3CC[C@]21C. The van der Waals surface area contributed by atoms with Gasteiger partial charge in [-0.15, -0.1) is 0 Å². The summed E-state index contributed by atoms with van der Waals surface area (Å²) in [5.41, 5.74) is -1.37. The second-order valence-electron chi connectivity index (χ2n) is 14.3. The van der Waals surface area contributed by atoms with Gasteiger partial charge in [-0.1, -0.05) is 25.5 Å². The molecule has 4 aliphatic rings. The third kappa shape index (κ3) is 6.36. The molecule has 4 aliphatic carbocycles. The molecule has 0 unspecified atom stereocenters. The molecule has 3 fully saturated rings. The van der Waals surface area contributed by atoms with Gasteiger partial charge in [-0.25, -0.2) is 4.79 Å². The molecule has 0 spiro atoms. The monoisotopic (exact) mass is 668 g/mol. The number of fused-ring (bicyclic) bond motifs is 5. The van der Waals surface area contributed by atoms with Gasteiger partial charge in [-0.3, -0.25) is 29.3 Å². The Morgan fingerprint density at radius 1 is 1.06 bits per heavy atom. The van der Waals surface area contributed by atoms with Gasteiger partial charge in [0.15, 0.2) is 18.1 Å². The standard InChI is InChI=1S/C35H44N2O11/c1-33-13-10-22(38)18-21(33)5-6-23-24(33)11-14-34(2)25(23)12-15-35(34,44)29(40)19-48-31(42)9-8-30(41)36-26(32(43)47-3)16-20-4-7-28(39)27(17-20)37(45)46/h4,7,17-18,23-26,39,44H,5-6,8-16,19H2,1-3H3,(H,36,41)/t23-,24+,25+,26+,33-,34+,35+/m0/s1. The molecular weight excluding hydrogens is 624 g/mol. The highest BCUT2D eigenvalue weighted by molar-refractivity contribution is 5.92. The van der Waals surface area contributed by atoms with Gasteiger partial charge in [0.05, 0.1) is 18.5 Å².